The third kappa shape index (κ3) is 6.52. The highest BCUT2D eigenvalue weighted by atomic mass is 16.5. The van der Waals surface area contributed by atoms with Crippen LogP contribution < -0.4 is 9.47 Å². The highest BCUT2D eigenvalue weighted by Crippen LogP contribution is 2.24. The molecule has 1 fully saturated rings. The third-order valence-corrected chi connectivity index (χ3v) is 4.40. The molecule has 1 saturated heterocycles. The number of carbonyl (C=O) groups is 3. The molecule has 0 unspecified atom stereocenters. The smallest absolute Gasteiger partial charge is 0.414 e. The molecule has 0 bridgehead atoms. The van der Waals surface area contributed by atoms with Gasteiger partial charge in [-0.1, -0.05) is 0 Å². The number of furan rings is 1. The quantitative estimate of drug-likeness (QED) is 0.690. The number of methoxy groups -OCH3 is 2. The van der Waals surface area contributed by atoms with Gasteiger partial charge in [-0.2, -0.15) is 0 Å². The molecule has 1 aromatic carbocycles. The van der Waals surface area contributed by atoms with Gasteiger partial charge in [0, 0.05) is 37.8 Å². The molecule has 0 spiro atoms. The van der Waals surface area contributed by atoms with Crippen LogP contribution in [0.25, 0.3) is 0 Å². The van der Waals surface area contributed by atoms with Crippen LogP contribution in [-0.2, 0) is 16.1 Å². The number of aliphatic carboxylic acids is 2. The summed E-state index contributed by atoms with van der Waals surface area (Å²) < 4.78 is 15.9. The Morgan fingerprint density at radius 2 is 1.53 bits per heavy atom. The first-order chi connectivity index (χ1) is 14.3. The molecule has 2 N–H and O–H groups in total. The molecule has 3 rings (SSSR count). The van der Waals surface area contributed by atoms with E-state index < -0.39 is 11.9 Å². The van der Waals surface area contributed by atoms with E-state index in [9.17, 15) is 4.79 Å². The summed E-state index contributed by atoms with van der Waals surface area (Å²) in [6.07, 6.45) is 1.69. The van der Waals surface area contributed by atoms with Crippen molar-refractivity contribution in [1.82, 2.24) is 9.80 Å². The highest BCUT2D eigenvalue weighted by molar-refractivity contribution is 6.27. The second-order valence-corrected chi connectivity index (χ2v) is 6.36. The molecule has 1 aliphatic rings. The fourth-order valence-electron chi connectivity index (χ4n) is 2.85. The zero-order chi connectivity index (χ0) is 22.1. The van der Waals surface area contributed by atoms with Crippen molar-refractivity contribution in [3.63, 3.8) is 0 Å². The lowest BCUT2D eigenvalue weighted by Gasteiger charge is -2.34. The average molecular weight is 420 g/mol. The molecular weight excluding hydrogens is 396 g/mol. The van der Waals surface area contributed by atoms with Crippen molar-refractivity contribution in [1.29, 1.82) is 0 Å². The van der Waals surface area contributed by atoms with Gasteiger partial charge in [-0.3, -0.25) is 9.69 Å². The molecule has 1 aromatic heterocycles. The third-order valence-electron chi connectivity index (χ3n) is 4.40. The van der Waals surface area contributed by atoms with Crippen LogP contribution in [0.4, 0.5) is 0 Å². The predicted octanol–water partition coefficient (Wildman–Crippen LogP) is 1.41. The minimum atomic E-state index is -1.82. The maximum Gasteiger partial charge on any atom is 0.414 e. The van der Waals surface area contributed by atoms with Crippen molar-refractivity contribution in [2.45, 2.75) is 6.54 Å². The van der Waals surface area contributed by atoms with Gasteiger partial charge >= 0.3 is 11.9 Å². The summed E-state index contributed by atoms with van der Waals surface area (Å²) in [5.41, 5.74) is 0.589. The zero-order valence-corrected chi connectivity index (χ0v) is 16.7. The Morgan fingerprint density at radius 3 is 1.97 bits per heavy atom. The Labute approximate surface area is 173 Å². The summed E-state index contributed by atoms with van der Waals surface area (Å²) in [6, 6.07) is 9.13. The molecule has 10 heteroatoms. The van der Waals surface area contributed by atoms with Gasteiger partial charge in [-0.05, 0) is 24.3 Å². The average Bonchev–Trinajstić information content (AvgIpc) is 3.26. The minimum absolute atomic E-state index is 0.00449. The first-order valence-electron chi connectivity index (χ1n) is 9.07. The van der Waals surface area contributed by atoms with E-state index in [4.69, 9.17) is 33.7 Å². The van der Waals surface area contributed by atoms with E-state index in [0.717, 1.165) is 25.4 Å². The predicted molar refractivity (Wildman–Crippen MR) is 105 cm³/mol. The molecule has 162 valence electrons. The first-order valence-corrected chi connectivity index (χ1v) is 9.07. The van der Waals surface area contributed by atoms with Crippen molar-refractivity contribution in [3.05, 3.63) is 47.9 Å². The summed E-state index contributed by atoms with van der Waals surface area (Å²) in [6.45, 7) is 3.82. The lowest BCUT2D eigenvalue weighted by atomic mass is 10.1. The summed E-state index contributed by atoms with van der Waals surface area (Å²) in [7, 11) is 3.16. The number of hydrogen-bond acceptors (Lipinski definition) is 7. The Balaban J connectivity index is 0.000000469. The van der Waals surface area contributed by atoms with E-state index >= 15 is 0 Å². The summed E-state index contributed by atoms with van der Waals surface area (Å²) in [4.78, 5) is 35.1. The summed E-state index contributed by atoms with van der Waals surface area (Å²) in [5.74, 6) is -1.45. The number of hydrogen-bond donors (Lipinski definition) is 2. The normalized spacial score (nSPS) is 13.7. The van der Waals surface area contributed by atoms with Crippen LogP contribution in [-0.4, -0.2) is 78.3 Å². The van der Waals surface area contributed by atoms with Crippen LogP contribution in [0.5, 0.6) is 11.5 Å². The van der Waals surface area contributed by atoms with Crippen LogP contribution in [0.15, 0.2) is 41.0 Å². The van der Waals surface area contributed by atoms with Crippen molar-refractivity contribution in [2.75, 3.05) is 40.4 Å². The Morgan fingerprint density at radius 1 is 0.967 bits per heavy atom. The molecule has 0 atom stereocenters. The summed E-state index contributed by atoms with van der Waals surface area (Å²) in [5, 5.41) is 14.8. The van der Waals surface area contributed by atoms with Crippen molar-refractivity contribution >= 4 is 17.8 Å². The molecule has 0 saturated carbocycles. The number of ether oxygens (including phenoxy) is 2. The molecule has 30 heavy (non-hydrogen) atoms. The minimum Gasteiger partial charge on any atom is -0.497 e. The topological polar surface area (TPSA) is 130 Å². The number of amides is 1. The number of benzene rings is 1. The number of carboxylic acid groups (broad SMARTS) is 2. The van der Waals surface area contributed by atoms with Gasteiger partial charge in [-0.25, -0.2) is 9.59 Å². The van der Waals surface area contributed by atoms with E-state index in [1.807, 2.05) is 17.0 Å². The number of nitrogens with zero attached hydrogens (tertiary/aromatic N) is 2. The van der Waals surface area contributed by atoms with Crippen LogP contribution in [0, 0.1) is 0 Å². The summed E-state index contributed by atoms with van der Waals surface area (Å²) >= 11 is 0. The van der Waals surface area contributed by atoms with Crippen molar-refractivity contribution in [2.24, 2.45) is 0 Å². The van der Waals surface area contributed by atoms with Gasteiger partial charge in [0.15, 0.2) is 0 Å². The molecule has 1 amide bonds. The molecular formula is C20H24N2O8. The molecule has 2 heterocycles. The standard InChI is InChI=1S/C18H22N2O4.C2H2O4/c1-22-16-10-14(11-17(12-16)23-2)18(21)20-7-5-19(6-8-20)13-15-4-3-9-24-15;3-1(4)2(5)6/h3-4,9-12H,5-8,13H2,1-2H3;(H,3,4)(H,5,6). The van der Waals surface area contributed by atoms with E-state index in [0.29, 0.717) is 30.2 Å². The molecule has 1 aliphatic heterocycles. The highest BCUT2D eigenvalue weighted by Gasteiger charge is 2.23. The molecule has 0 aliphatic carbocycles. The number of carbonyl (C=O) groups excluding carboxylic acids is 1. The van der Waals surface area contributed by atoms with Crippen molar-refractivity contribution in [3.8, 4) is 11.5 Å². The largest absolute Gasteiger partial charge is 0.497 e. The fraction of sp³-hybridized carbons (Fsp3) is 0.350. The monoisotopic (exact) mass is 420 g/mol. The molecule has 2 aromatic rings. The lowest BCUT2D eigenvalue weighted by Crippen LogP contribution is -2.48. The van der Waals surface area contributed by atoms with Crippen LogP contribution >= 0.6 is 0 Å². The van der Waals surface area contributed by atoms with Crippen LogP contribution in [0.2, 0.25) is 0 Å². The molecule has 10 nitrogen and oxygen atoms in total. The van der Waals surface area contributed by atoms with E-state index in [1.54, 1.807) is 38.7 Å². The second kappa shape index (κ2) is 10.9. The van der Waals surface area contributed by atoms with E-state index in [-0.39, 0.29) is 5.91 Å². The maximum absolute atomic E-state index is 12.7. The Hall–Kier alpha value is -3.53. The van der Waals surface area contributed by atoms with Gasteiger partial charge in [-0.15, -0.1) is 0 Å². The van der Waals surface area contributed by atoms with E-state index in [2.05, 4.69) is 4.90 Å². The number of piperazine rings is 1. The van der Waals surface area contributed by atoms with E-state index in [1.165, 1.54) is 0 Å². The zero-order valence-electron chi connectivity index (χ0n) is 16.7. The van der Waals surface area contributed by atoms with Crippen LogP contribution in [0.1, 0.15) is 16.1 Å². The van der Waals surface area contributed by atoms with Gasteiger partial charge in [0.2, 0.25) is 0 Å². The first kappa shape index (κ1) is 22.8. The molecule has 0 radical (unpaired) electrons. The van der Waals surface area contributed by atoms with Crippen LogP contribution in [0.3, 0.4) is 0 Å². The number of carboxylic acids is 2. The second-order valence-electron chi connectivity index (χ2n) is 6.36. The Kier molecular flexibility index (Phi) is 8.24. The fourth-order valence-corrected chi connectivity index (χ4v) is 2.85. The Bertz CT molecular complexity index is 823. The van der Waals surface area contributed by atoms with Gasteiger partial charge in [0.25, 0.3) is 5.91 Å². The van der Waals surface area contributed by atoms with Crippen molar-refractivity contribution < 1.29 is 38.5 Å². The number of rotatable bonds is 5. The van der Waals surface area contributed by atoms with Gasteiger partial charge in [0.05, 0.1) is 27.0 Å². The lowest BCUT2D eigenvalue weighted by molar-refractivity contribution is -0.159. The van der Waals surface area contributed by atoms with Gasteiger partial charge < -0.3 is 29.0 Å². The van der Waals surface area contributed by atoms with Gasteiger partial charge in [0.1, 0.15) is 17.3 Å². The SMILES string of the molecule is COc1cc(OC)cc(C(=O)N2CCN(Cc3ccco3)CC2)c1.O=C(O)C(=O)O. The maximum atomic E-state index is 12.7.